The molecule has 1 saturated heterocycles. The van der Waals surface area contributed by atoms with Crippen LogP contribution in [0.4, 0.5) is 0 Å². The molecule has 1 fully saturated rings. The summed E-state index contributed by atoms with van der Waals surface area (Å²) in [6.45, 7) is 3.17. The van der Waals surface area contributed by atoms with Crippen LogP contribution >= 0.6 is 23.2 Å². The second-order valence-corrected chi connectivity index (χ2v) is 8.59. The molecule has 4 nitrogen and oxygen atoms in total. The average Bonchev–Trinajstić information content (AvgIpc) is 3.19. The molecule has 0 unspecified atom stereocenters. The number of ether oxygens (including phenoxy) is 1. The molecule has 6 heteroatoms. The third-order valence-corrected chi connectivity index (χ3v) is 6.46. The molecule has 3 heterocycles. The van der Waals surface area contributed by atoms with E-state index in [1.807, 2.05) is 54.3 Å². The van der Waals surface area contributed by atoms with Gasteiger partial charge in [0, 0.05) is 43.2 Å². The number of carbonyl (C=O) groups is 1. The Bertz CT molecular complexity index is 1110. The average molecular weight is 427 g/mol. The molecular formula is C23H20Cl2N2O2. The molecule has 0 atom stereocenters. The highest BCUT2D eigenvalue weighted by molar-refractivity contribution is 6.33. The van der Waals surface area contributed by atoms with Crippen molar-refractivity contribution >= 4 is 29.1 Å². The van der Waals surface area contributed by atoms with Crippen molar-refractivity contribution in [3.8, 4) is 11.4 Å². The van der Waals surface area contributed by atoms with Gasteiger partial charge in [-0.15, -0.1) is 0 Å². The van der Waals surface area contributed by atoms with Crippen molar-refractivity contribution in [2.24, 2.45) is 0 Å². The van der Waals surface area contributed by atoms with E-state index in [9.17, 15) is 4.79 Å². The zero-order valence-electron chi connectivity index (χ0n) is 16.0. The van der Waals surface area contributed by atoms with E-state index in [1.165, 1.54) is 0 Å². The van der Waals surface area contributed by atoms with Gasteiger partial charge in [-0.25, -0.2) is 0 Å². The van der Waals surface area contributed by atoms with E-state index in [4.69, 9.17) is 27.9 Å². The van der Waals surface area contributed by atoms with Crippen LogP contribution in [0.5, 0.6) is 5.75 Å². The molecule has 0 bridgehead atoms. The number of carbonyl (C=O) groups excluding carboxylic acids is 1. The van der Waals surface area contributed by atoms with Crippen LogP contribution in [0.1, 0.15) is 34.5 Å². The predicted molar refractivity (Wildman–Crippen MR) is 114 cm³/mol. The first-order valence-corrected chi connectivity index (χ1v) is 10.4. The van der Waals surface area contributed by atoms with Crippen LogP contribution < -0.4 is 4.74 Å². The number of aromatic nitrogens is 1. The van der Waals surface area contributed by atoms with Crippen LogP contribution in [-0.4, -0.2) is 28.5 Å². The SMILES string of the molecule is Cc1ccc(C(=O)N2CCC3(CC2)Oc2cc(Cl)ccc2-n2cccc23)c(Cl)c1. The van der Waals surface area contributed by atoms with Gasteiger partial charge in [0.2, 0.25) is 0 Å². The fraction of sp³-hybridized carbons (Fsp3) is 0.261. The van der Waals surface area contributed by atoms with Crippen LogP contribution in [0.15, 0.2) is 54.7 Å². The van der Waals surface area contributed by atoms with E-state index in [2.05, 4.69) is 16.8 Å². The topological polar surface area (TPSA) is 34.5 Å². The summed E-state index contributed by atoms with van der Waals surface area (Å²) in [6.07, 6.45) is 3.46. The van der Waals surface area contributed by atoms with E-state index < -0.39 is 5.60 Å². The van der Waals surface area contributed by atoms with Gasteiger partial charge in [-0.1, -0.05) is 29.3 Å². The molecule has 2 aliphatic heterocycles. The van der Waals surface area contributed by atoms with E-state index in [0.29, 0.717) is 41.5 Å². The van der Waals surface area contributed by atoms with Crippen molar-refractivity contribution in [1.29, 1.82) is 0 Å². The maximum absolute atomic E-state index is 13.0. The number of hydrogen-bond donors (Lipinski definition) is 0. The number of halogens is 2. The molecule has 1 spiro atoms. The normalized spacial score (nSPS) is 16.9. The number of aryl methyl sites for hydroxylation is 1. The number of hydrogen-bond acceptors (Lipinski definition) is 2. The Labute approximate surface area is 179 Å². The Morgan fingerprint density at radius 2 is 1.86 bits per heavy atom. The fourth-order valence-electron chi connectivity index (χ4n) is 4.39. The van der Waals surface area contributed by atoms with Crippen LogP contribution in [0.3, 0.4) is 0 Å². The van der Waals surface area contributed by atoms with Gasteiger partial charge in [0.15, 0.2) is 5.60 Å². The monoisotopic (exact) mass is 426 g/mol. The number of fused-ring (bicyclic) bond motifs is 4. The third kappa shape index (κ3) is 3.02. The molecule has 1 amide bonds. The highest BCUT2D eigenvalue weighted by Gasteiger charge is 2.44. The Kier molecular flexibility index (Phi) is 4.37. The first kappa shape index (κ1) is 18.6. The van der Waals surface area contributed by atoms with Gasteiger partial charge >= 0.3 is 0 Å². The number of likely N-dealkylation sites (tertiary alicyclic amines) is 1. The van der Waals surface area contributed by atoms with Gasteiger partial charge in [0.1, 0.15) is 5.75 Å². The second kappa shape index (κ2) is 6.82. The Morgan fingerprint density at radius 1 is 1.07 bits per heavy atom. The lowest BCUT2D eigenvalue weighted by atomic mass is 9.86. The minimum absolute atomic E-state index is 0.0283. The van der Waals surface area contributed by atoms with Crippen molar-refractivity contribution in [2.45, 2.75) is 25.4 Å². The van der Waals surface area contributed by atoms with Crippen molar-refractivity contribution in [3.63, 3.8) is 0 Å². The lowest BCUT2D eigenvalue weighted by molar-refractivity contribution is -0.00929. The van der Waals surface area contributed by atoms with Gasteiger partial charge < -0.3 is 14.2 Å². The Hall–Kier alpha value is -2.43. The standard InChI is InChI=1S/C23H20Cl2N2O2/c1-15-4-6-17(18(25)13-15)22(28)26-11-8-23(9-12-26)21-3-2-10-27(21)19-7-5-16(24)14-20(19)29-23/h2-7,10,13-14H,8-9,11-12H2,1H3. The van der Waals surface area contributed by atoms with Gasteiger partial charge in [0.05, 0.1) is 22.0 Å². The lowest BCUT2D eigenvalue weighted by Gasteiger charge is -2.45. The summed E-state index contributed by atoms with van der Waals surface area (Å²) in [5.74, 6) is 0.752. The smallest absolute Gasteiger partial charge is 0.255 e. The molecule has 0 aliphatic carbocycles. The summed E-state index contributed by atoms with van der Waals surface area (Å²) in [5.41, 5.74) is 3.24. The summed E-state index contributed by atoms with van der Waals surface area (Å²) >= 11 is 12.5. The molecule has 0 N–H and O–H groups in total. The summed E-state index contributed by atoms with van der Waals surface area (Å²) in [5, 5.41) is 1.15. The molecule has 2 aromatic carbocycles. The highest BCUT2D eigenvalue weighted by atomic mass is 35.5. The number of piperidine rings is 1. The molecule has 0 saturated carbocycles. The Morgan fingerprint density at radius 3 is 2.62 bits per heavy atom. The first-order chi connectivity index (χ1) is 14.0. The number of rotatable bonds is 1. The fourth-order valence-corrected chi connectivity index (χ4v) is 4.86. The van der Waals surface area contributed by atoms with E-state index in [1.54, 1.807) is 0 Å². The third-order valence-electron chi connectivity index (χ3n) is 5.92. The summed E-state index contributed by atoms with van der Waals surface area (Å²) in [6, 6.07) is 15.4. The van der Waals surface area contributed by atoms with E-state index >= 15 is 0 Å². The largest absolute Gasteiger partial charge is 0.479 e. The zero-order valence-corrected chi connectivity index (χ0v) is 17.5. The van der Waals surface area contributed by atoms with Gasteiger partial charge in [0.25, 0.3) is 5.91 Å². The van der Waals surface area contributed by atoms with Crippen molar-refractivity contribution in [1.82, 2.24) is 9.47 Å². The molecule has 1 aromatic heterocycles. The number of benzene rings is 2. The van der Waals surface area contributed by atoms with Gasteiger partial charge in [-0.3, -0.25) is 4.79 Å². The van der Waals surface area contributed by atoms with Crippen LogP contribution in [0, 0.1) is 6.92 Å². The van der Waals surface area contributed by atoms with E-state index in [0.717, 1.165) is 22.7 Å². The molecule has 148 valence electrons. The minimum Gasteiger partial charge on any atom is -0.479 e. The van der Waals surface area contributed by atoms with Crippen LogP contribution in [0.2, 0.25) is 10.0 Å². The van der Waals surface area contributed by atoms with Crippen LogP contribution in [-0.2, 0) is 5.60 Å². The summed E-state index contributed by atoms with van der Waals surface area (Å²) in [4.78, 5) is 14.9. The maximum atomic E-state index is 13.0. The second-order valence-electron chi connectivity index (χ2n) is 7.75. The maximum Gasteiger partial charge on any atom is 0.255 e. The molecule has 0 radical (unpaired) electrons. The van der Waals surface area contributed by atoms with Crippen LogP contribution in [0.25, 0.3) is 5.69 Å². The van der Waals surface area contributed by atoms with E-state index in [-0.39, 0.29) is 5.91 Å². The summed E-state index contributed by atoms with van der Waals surface area (Å²) in [7, 11) is 0. The molecule has 29 heavy (non-hydrogen) atoms. The van der Waals surface area contributed by atoms with Gasteiger partial charge in [-0.2, -0.15) is 0 Å². The van der Waals surface area contributed by atoms with Crippen molar-refractivity contribution < 1.29 is 9.53 Å². The molecule has 5 rings (SSSR count). The van der Waals surface area contributed by atoms with Crippen molar-refractivity contribution in [2.75, 3.05) is 13.1 Å². The zero-order chi connectivity index (χ0) is 20.2. The predicted octanol–water partition coefficient (Wildman–Crippen LogP) is 5.62. The lowest BCUT2D eigenvalue weighted by Crippen LogP contribution is -2.50. The molecule has 3 aromatic rings. The highest BCUT2D eigenvalue weighted by Crippen LogP contribution is 2.45. The first-order valence-electron chi connectivity index (χ1n) is 9.69. The van der Waals surface area contributed by atoms with Gasteiger partial charge in [-0.05, 0) is 48.9 Å². The minimum atomic E-state index is -0.463. The molecule has 2 aliphatic rings. The Balaban J connectivity index is 1.42. The number of nitrogens with zero attached hydrogens (tertiary/aromatic N) is 2. The molecular weight excluding hydrogens is 407 g/mol. The number of amides is 1. The van der Waals surface area contributed by atoms with Crippen molar-refractivity contribution in [3.05, 3.63) is 81.6 Å². The quantitative estimate of drug-likeness (QED) is 0.506. The summed E-state index contributed by atoms with van der Waals surface area (Å²) < 4.78 is 8.70.